The Balaban J connectivity index is 1.35. The number of aliphatic hydroxyl groups excluding tert-OH is 1. The molecule has 188 valence electrons. The third kappa shape index (κ3) is 5.10. The molecule has 0 amide bonds. The van der Waals surface area contributed by atoms with Gasteiger partial charge in [0.05, 0.1) is 23.1 Å². The average Bonchev–Trinajstić information content (AvgIpc) is 3.35. The highest BCUT2D eigenvalue weighted by atomic mass is 19.1. The Bertz CT molecular complexity index is 1370. The van der Waals surface area contributed by atoms with Gasteiger partial charge in [-0.25, -0.2) is 13.8 Å². The molecule has 1 fully saturated rings. The van der Waals surface area contributed by atoms with Gasteiger partial charge in [0.25, 0.3) is 0 Å². The van der Waals surface area contributed by atoms with Crippen LogP contribution in [0, 0.1) is 23.0 Å². The fourth-order valence-electron chi connectivity index (χ4n) is 4.97. The summed E-state index contributed by atoms with van der Waals surface area (Å²) in [7, 11) is 0. The molecule has 6 nitrogen and oxygen atoms in total. The molecule has 2 heterocycles. The van der Waals surface area contributed by atoms with E-state index >= 15 is 0 Å². The molecule has 4 aromatic rings. The summed E-state index contributed by atoms with van der Waals surface area (Å²) in [4.78, 5) is 12.0. The highest BCUT2D eigenvalue weighted by Crippen LogP contribution is 2.31. The van der Waals surface area contributed by atoms with Crippen LogP contribution in [0.5, 0.6) is 0 Å². The predicted octanol–water partition coefficient (Wildman–Crippen LogP) is 5.43. The molecule has 0 unspecified atom stereocenters. The fraction of sp³-hybridized carbons (Fsp3) is 0.241. The van der Waals surface area contributed by atoms with Crippen molar-refractivity contribution in [3.63, 3.8) is 0 Å². The summed E-state index contributed by atoms with van der Waals surface area (Å²) < 4.78 is 27.2. The van der Waals surface area contributed by atoms with Gasteiger partial charge in [-0.15, -0.1) is 0 Å². The zero-order valence-electron chi connectivity index (χ0n) is 20.4. The maximum atomic E-state index is 13.6. The van der Waals surface area contributed by atoms with Crippen LogP contribution in [-0.4, -0.2) is 57.1 Å². The molecule has 1 aliphatic heterocycles. The van der Waals surface area contributed by atoms with Crippen molar-refractivity contribution in [2.45, 2.75) is 19.0 Å². The predicted molar refractivity (Wildman–Crippen MR) is 139 cm³/mol. The first-order chi connectivity index (χ1) is 17.9. The van der Waals surface area contributed by atoms with Crippen molar-refractivity contribution in [1.29, 1.82) is 5.26 Å². The molecule has 1 saturated heterocycles. The molecule has 1 aliphatic rings. The molecule has 0 bridgehead atoms. The largest absolute Gasteiger partial charge is 0.509 e. The summed E-state index contributed by atoms with van der Waals surface area (Å²) in [5.74, 6) is -0.288. The Labute approximate surface area is 214 Å². The van der Waals surface area contributed by atoms with Gasteiger partial charge in [-0.2, -0.15) is 5.26 Å². The van der Waals surface area contributed by atoms with Crippen molar-refractivity contribution >= 4 is 16.6 Å². The SMILES string of the molecule is C[C@@H](C(O)=C(C#N)c1nc2ccccc2[nH]1)N1CCN(C(c2ccc(F)cc2)c2ccc(F)cc2)CC1. The van der Waals surface area contributed by atoms with E-state index in [0.29, 0.717) is 32.0 Å². The van der Waals surface area contributed by atoms with Crippen LogP contribution >= 0.6 is 0 Å². The minimum Gasteiger partial charge on any atom is -0.509 e. The van der Waals surface area contributed by atoms with Gasteiger partial charge < -0.3 is 10.1 Å². The van der Waals surface area contributed by atoms with E-state index in [1.165, 1.54) is 24.3 Å². The lowest BCUT2D eigenvalue weighted by atomic mass is 9.96. The van der Waals surface area contributed by atoms with Crippen LogP contribution in [0.2, 0.25) is 0 Å². The number of benzene rings is 3. The summed E-state index contributed by atoms with van der Waals surface area (Å²) >= 11 is 0. The Kier molecular flexibility index (Phi) is 6.99. The van der Waals surface area contributed by atoms with Crippen molar-refractivity contribution in [1.82, 2.24) is 19.8 Å². The number of nitriles is 1. The van der Waals surface area contributed by atoms with Crippen molar-refractivity contribution in [2.75, 3.05) is 26.2 Å². The second-order valence-corrected chi connectivity index (χ2v) is 9.23. The summed E-state index contributed by atoms with van der Waals surface area (Å²) in [5, 5.41) is 20.9. The maximum absolute atomic E-state index is 13.6. The fourth-order valence-corrected chi connectivity index (χ4v) is 4.97. The molecule has 1 aromatic heterocycles. The number of nitrogens with zero attached hydrogens (tertiary/aromatic N) is 4. The van der Waals surface area contributed by atoms with Gasteiger partial charge in [0.15, 0.2) is 5.82 Å². The molecule has 37 heavy (non-hydrogen) atoms. The first kappa shape index (κ1) is 24.6. The summed E-state index contributed by atoms with van der Waals surface area (Å²) in [5.41, 5.74) is 3.50. The second-order valence-electron chi connectivity index (χ2n) is 9.23. The number of rotatable bonds is 6. The molecule has 3 aromatic carbocycles. The molecule has 0 spiro atoms. The quantitative estimate of drug-likeness (QED) is 0.273. The highest BCUT2D eigenvalue weighted by Gasteiger charge is 2.30. The zero-order valence-corrected chi connectivity index (χ0v) is 20.4. The van der Waals surface area contributed by atoms with Crippen LogP contribution in [0.3, 0.4) is 0 Å². The van der Waals surface area contributed by atoms with Crippen LogP contribution in [0.25, 0.3) is 16.6 Å². The van der Waals surface area contributed by atoms with Crippen LogP contribution in [0.4, 0.5) is 8.78 Å². The van der Waals surface area contributed by atoms with Gasteiger partial charge in [-0.1, -0.05) is 36.4 Å². The van der Waals surface area contributed by atoms with Crippen LogP contribution < -0.4 is 0 Å². The highest BCUT2D eigenvalue weighted by molar-refractivity contribution is 5.83. The molecule has 2 N–H and O–H groups in total. The lowest BCUT2D eigenvalue weighted by molar-refractivity contribution is 0.0814. The number of allylic oxidation sites excluding steroid dienone is 1. The number of halogens is 2. The normalized spacial score (nSPS) is 16.5. The number of para-hydroxylation sites is 2. The van der Waals surface area contributed by atoms with Crippen LogP contribution in [-0.2, 0) is 0 Å². The number of hydrogen-bond donors (Lipinski definition) is 2. The molecule has 0 aliphatic carbocycles. The second kappa shape index (κ2) is 10.5. The van der Waals surface area contributed by atoms with Crippen molar-refractivity contribution in [3.05, 3.63) is 107 Å². The summed E-state index contributed by atoms with van der Waals surface area (Å²) in [6.07, 6.45) is 0. The molecule has 8 heteroatoms. The summed E-state index contributed by atoms with van der Waals surface area (Å²) in [6, 6.07) is 21.9. The number of imidazole rings is 1. The third-order valence-electron chi connectivity index (χ3n) is 7.02. The van der Waals surface area contributed by atoms with Crippen molar-refractivity contribution < 1.29 is 13.9 Å². The van der Waals surface area contributed by atoms with E-state index in [0.717, 1.165) is 22.2 Å². The number of hydrogen-bond acceptors (Lipinski definition) is 5. The van der Waals surface area contributed by atoms with E-state index in [4.69, 9.17) is 0 Å². The van der Waals surface area contributed by atoms with E-state index in [-0.39, 0.29) is 35.1 Å². The number of aliphatic hydroxyl groups is 1. The van der Waals surface area contributed by atoms with Gasteiger partial charge in [-0.05, 0) is 54.4 Å². The molecule has 0 radical (unpaired) electrons. The molecule has 5 rings (SSSR count). The van der Waals surface area contributed by atoms with Crippen LogP contribution in [0.1, 0.15) is 29.9 Å². The Hall–Kier alpha value is -4.06. The Morgan fingerprint density at radius 3 is 1.97 bits per heavy atom. The van der Waals surface area contributed by atoms with Crippen LogP contribution in [0.15, 0.2) is 78.6 Å². The van der Waals surface area contributed by atoms with E-state index < -0.39 is 0 Å². The topological polar surface area (TPSA) is 79.2 Å². The van der Waals surface area contributed by atoms with Gasteiger partial charge in [-0.3, -0.25) is 9.80 Å². The number of nitrogens with one attached hydrogen (secondary N) is 1. The lowest BCUT2D eigenvalue weighted by Gasteiger charge is -2.41. The van der Waals surface area contributed by atoms with Gasteiger partial charge in [0, 0.05) is 26.2 Å². The number of aromatic nitrogens is 2. The van der Waals surface area contributed by atoms with Gasteiger partial charge >= 0.3 is 0 Å². The molecular weight excluding hydrogens is 472 g/mol. The Morgan fingerprint density at radius 1 is 0.892 bits per heavy atom. The van der Waals surface area contributed by atoms with Gasteiger partial charge in [0.1, 0.15) is 29.0 Å². The number of fused-ring (bicyclic) bond motifs is 1. The number of piperazine rings is 1. The average molecular weight is 500 g/mol. The first-order valence-corrected chi connectivity index (χ1v) is 12.2. The molecule has 1 atom stereocenters. The molecule has 0 saturated carbocycles. The summed E-state index contributed by atoms with van der Waals surface area (Å²) in [6.45, 7) is 4.50. The minimum absolute atomic E-state index is 0.0244. The Morgan fingerprint density at radius 2 is 1.43 bits per heavy atom. The lowest BCUT2D eigenvalue weighted by Crippen LogP contribution is -2.51. The number of H-pyrrole nitrogens is 1. The zero-order chi connectivity index (χ0) is 25.9. The standard InChI is InChI=1S/C29H27F2N5O/c1-19(28(37)24(18-32)29-33-25-4-2-3-5-26(25)34-29)35-14-16-36(17-15-35)27(20-6-10-22(30)11-7-20)21-8-12-23(31)13-9-21/h2-13,19,27,37H,14-17H2,1H3,(H,33,34)/t19-/m0/s1. The van der Waals surface area contributed by atoms with E-state index in [9.17, 15) is 19.1 Å². The minimum atomic E-state index is -0.389. The van der Waals surface area contributed by atoms with Crippen molar-refractivity contribution in [3.8, 4) is 6.07 Å². The maximum Gasteiger partial charge on any atom is 0.152 e. The first-order valence-electron chi connectivity index (χ1n) is 12.2. The third-order valence-corrected chi connectivity index (χ3v) is 7.02. The van der Waals surface area contributed by atoms with E-state index in [1.54, 1.807) is 24.3 Å². The molecular formula is C29H27F2N5O. The van der Waals surface area contributed by atoms with Gasteiger partial charge in [0.2, 0.25) is 0 Å². The smallest absolute Gasteiger partial charge is 0.152 e. The van der Waals surface area contributed by atoms with E-state index in [1.807, 2.05) is 31.2 Å². The number of aromatic amines is 1. The van der Waals surface area contributed by atoms with E-state index in [2.05, 4.69) is 25.8 Å². The monoisotopic (exact) mass is 499 g/mol. The van der Waals surface area contributed by atoms with Crippen molar-refractivity contribution in [2.24, 2.45) is 0 Å².